The molecule has 0 spiro atoms. The zero-order valence-corrected chi connectivity index (χ0v) is 8.82. The molecule has 2 fully saturated rings. The van der Waals surface area contributed by atoms with E-state index in [2.05, 4.69) is 5.32 Å². The highest BCUT2D eigenvalue weighted by Gasteiger charge is 2.31. The summed E-state index contributed by atoms with van der Waals surface area (Å²) in [7, 11) is 0. The van der Waals surface area contributed by atoms with E-state index in [4.69, 9.17) is 9.84 Å². The van der Waals surface area contributed by atoms with Crippen LogP contribution in [0.1, 0.15) is 12.8 Å². The molecule has 0 saturated carbocycles. The van der Waals surface area contributed by atoms with E-state index in [-0.39, 0.29) is 6.10 Å². The summed E-state index contributed by atoms with van der Waals surface area (Å²) in [5.74, 6) is 0.658. The first kappa shape index (κ1) is 10.7. The van der Waals surface area contributed by atoms with Crippen LogP contribution < -0.4 is 5.32 Å². The standard InChI is InChI=1S/C10H18N2O3/c13-10(14)12-5-9(6-12)15-7-8-1-3-11-4-2-8/h8-9,11H,1-7H2,(H,13,14). The van der Waals surface area contributed by atoms with Gasteiger partial charge < -0.3 is 20.1 Å². The number of likely N-dealkylation sites (tertiary alicyclic amines) is 1. The number of nitrogens with zero attached hydrogens (tertiary/aromatic N) is 1. The maximum absolute atomic E-state index is 10.5. The molecular weight excluding hydrogens is 196 g/mol. The average Bonchev–Trinajstić information content (AvgIpc) is 2.16. The van der Waals surface area contributed by atoms with Crippen LogP contribution in [0.4, 0.5) is 4.79 Å². The summed E-state index contributed by atoms with van der Waals surface area (Å²) >= 11 is 0. The smallest absolute Gasteiger partial charge is 0.407 e. The second-order valence-corrected chi connectivity index (χ2v) is 4.34. The van der Waals surface area contributed by atoms with Gasteiger partial charge in [-0.2, -0.15) is 0 Å². The van der Waals surface area contributed by atoms with Crippen LogP contribution in [0.25, 0.3) is 0 Å². The lowest BCUT2D eigenvalue weighted by atomic mass is 9.99. The molecule has 0 aromatic carbocycles. The van der Waals surface area contributed by atoms with Crippen molar-refractivity contribution < 1.29 is 14.6 Å². The fourth-order valence-corrected chi connectivity index (χ4v) is 2.02. The third-order valence-corrected chi connectivity index (χ3v) is 3.14. The molecule has 0 aliphatic carbocycles. The molecule has 0 aromatic heterocycles. The summed E-state index contributed by atoms with van der Waals surface area (Å²) in [5.41, 5.74) is 0. The van der Waals surface area contributed by atoms with Gasteiger partial charge in [0, 0.05) is 0 Å². The number of carbonyl (C=O) groups is 1. The van der Waals surface area contributed by atoms with E-state index in [1.165, 1.54) is 17.7 Å². The zero-order valence-electron chi connectivity index (χ0n) is 8.82. The third kappa shape index (κ3) is 2.82. The Bertz CT molecular complexity index is 223. The van der Waals surface area contributed by atoms with Crippen LogP contribution >= 0.6 is 0 Å². The summed E-state index contributed by atoms with van der Waals surface area (Å²) < 4.78 is 5.67. The molecule has 0 atom stereocenters. The topological polar surface area (TPSA) is 61.8 Å². The van der Waals surface area contributed by atoms with Gasteiger partial charge in [-0.15, -0.1) is 0 Å². The van der Waals surface area contributed by atoms with Crippen molar-refractivity contribution in [3.8, 4) is 0 Å². The van der Waals surface area contributed by atoms with Gasteiger partial charge in [-0.25, -0.2) is 4.79 Å². The predicted molar refractivity (Wildman–Crippen MR) is 54.9 cm³/mol. The Morgan fingerprint density at radius 2 is 2.07 bits per heavy atom. The molecule has 2 saturated heterocycles. The van der Waals surface area contributed by atoms with Gasteiger partial charge in [0.25, 0.3) is 0 Å². The molecule has 2 aliphatic rings. The number of rotatable bonds is 3. The number of piperidine rings is 1. The predicted octanol–water partition coefficient (Wildman–Crippen LogP) is 0.365. The van der Waals surface area contributed by atoms with E-state index >= 15 is 0 Å². The minimum Gasteiger partial charge on any atom is -0.465 e. The quantitative estimate of drug-likeness (QED) is 0.712. The summed E-state index contributed by atoms with van der Waals surface area (Å²) in [6, 6.07) is 0. The SMILES string of the molecule is O=C(O)N1CC(OCC2CCNCC2)C1. The van der Waals surface area contributed by atoms with Crippen molar-refractivity contribution in [3.05, 3.63) is 0 Å². The molecule has 0 bridgehead atoms. The fourth-order valence-electron chi connectivity index (χ4n) is 2.02. The van der Waals surface area contributed by atoms with Gasteiger partial charge in [0.2, 0.25) is 0 Å². The van der Waals surface area contributed by atoms with E-state index in [1.807, 2.05) is 0 Å². The van der Waals surface area contributed by atoms with E-state index in [9.17, 15) is 4.79 Å². The highest BCUT2D eigenvalue weighted by atomic mass is 16.5. The minimum atomic E-state index is -0.836. The van der Waals surface area contributed by atoms with Crippen molar-refractivity contribution in [2.75, 3.05) is 32.8 Å². The largest absolute Gasteiger partial charge is 0.465 e. The Hall–Kier alpha value is -0.810. The van der Waals surface area contributed by atoms with Gasteiger partial charge >= 0.3 is 6.09 Å². The lowest BCUT2D eigenvalue weighted by Crippen LogP contribution is -2.54. The van der Waals surface area contributed by atoms with Crippen molar-refractivity contribution in [1.29, 1.82) is 0 Å². The van der Waals surface area contributed by atoms with E-state index in [1.54, 1.807) is 0 Å². The van der Waals surface area contributed by atoms with E-state index in [0.29, 0.717) is 19.0 Å². The number of carboxylic acid groups (broad SMARTS) is 1. The van der Waals surface area contributed by atoms with Gasteiger partial charge in [-0.3, -0.25) is 0 Å². The number of hydrogen-bond donors (Lipinski definition) is 2. The molecule has 2 rings (SSSR count). The lowest BCUT2D eigenvalue weighted by Gasteiger charge is -2.37. The van der Waals surface area contributed by atoms with E-state index in [0.717, 1.165) is 19.7 Å². The van der Waals surface area contributed by atoms with E-state index < -0.39 is 6.09 Å². The van der Waals surface area contributed by atoms with Crippen LogP contribution in [0, 0.1) is 5.92 Å². The maximum Gasteiger partial charge on any atom is 0.407 e. The van der Waals surface area contributed by atoms with Gasteiger partial charge in [-0.1, -0.05) is 0 Å². The normalized spacial score (nSPS) is 23.9. The lowest BCUT2D eigenvalue weighted by molar-refractivity contribution is -0.0584. The first-order valence-corrected chi connectivity index (χ1v) is 5.56. The molecule has 5 nitrogen and oxygen atoms in total. The second-order valence-electron chi connectivity index (χ2n) is 4.34. The molecule has 1 amide bonds. The van der Waals surface area contributed by atoms with Crippen LogP contribution in [0.2, 0.25) is 0 Å². The van der Waals surface area contributed by atoms with Gasteiger partial charge in [-0.05, 0) is 31.8 Å². The van der Waals surface area contributed by atoms with Crippen LogP contribution in [-0.4, -0.2) is 55.0 Å². The molecule has 86 valence electrons. The summed E-state index contributed by atoms with van der Waals surface area (Å²) in [6.07, 6.45) is 1.65. The average molecular weight is 214 g/mol. The zero-order chi connectivity index (χ0) is 10.7. The Labute approximate surface area is 89.4 Å². The molecule has 0 aromatic rings. The number of nitrogens with one attached hydrogen (secondary N) is 1. The fraction of sp³-hybridized carbons (Fsp3) is 0.900. The minimum absolute atomic E-state index is 0.135. The summed E-state index contributed by atoms with van der Waals surface area (Å²) in [4.78, 5) is 11.9. The molecular formula is C10H18N2O3. The molecule has 15 heavy (non-hydrogen) atoms. The first-order chi connectivity index (χ1) is 7.25. The van der Waals surface area contributed by atoms with Crippen LogP contribution in [-0.2, 0) is 4.74 Å². The molecule has 2 heterocycles. The molecule has 2 N–H and O–H groups in total. The monoisotopic (exact) mass is 214 g/mol. The highest BCUT2D eigenvalue weighted by molar-refractivity contribution is 5.66. The Kier molecular flexibility index (Phi) is 3.43. The van der Waals surface area contributed by atoms with Crippen LogP contribution in [0.5, 0.6) is 0 Å². The van der Waals surface area contributed by atoms with Crippen molar-refractivity contribution in [3.63, 3.8) is 0 Å². The Morgan fingerprint density at radius 1 is 1.40 bits per heavy atom. The molecule has 5 heteroatoms. The van der Waals surface area contributed by atoms with Crippen molar-refractivity contribution in [1.82, 2.24) is 10.2 Å². The Morgan fingerprint density at radius 3 is 2.67 bits per heavy atom. The van der Waals surface area contributed by atoms with Gasteiger partial charge in [0.15, 0.2) is 0 Å². The molecule has 0 radical (unpaired) electrons. The highest BCUT2D eigenvalue weighted by Crippen LogP contribution is 2.16. The van der Waals surface area contributed by atoms with Gasteiger partial charge in [0.1, 0.15) is 0 Å². The summed E-state index contributed by atoms with van der Waals surface area (Å²) in [5, 5.41) is 11.9. The molecule has 0 unspecified atom stereocenters. The Balaban J connectivity index is 1.57. The van der Waals surface area contributed by atoms with Crippen molar-refractivity contribution in [2.45, 2.75) is 18.9 Å². The van der Waals surface area contributed by atoms with Crippen LogP contribution in [0.3, 0.4) is 0 Å². The second kappa shape index (κ2) is 4.81. The third-order valence-electron chi connectivity index (χ3n) is 3.14. The number of amides is 1. The van der Waals surface area contributed by atoms with Crippen molar-refractivity contribution in [2.24, 2.45) is 5.92 Å². The van der Waals surface area contributed by atoms with Crippen LogP contribution in [0.15, 0.2) is 0 Å². The first-order valence-electron chi connectivity index (χ1n) is 5.56. The van der Waals surface area contributed by atoms with Crippen molar-refractivity contribution >= 4 is 6.09 Å². The summed E-state index contributed by atoms with van der Waals surface area (Å²) in [6.45, 7) is 4.04. The number of hydrogen-bond acceptors (Lipinski definition) is 3. The molecule has 2 aliphatic heterocycles. The number of ether oxygens (including phenoxy) is 1. The maximum atomic E-state index is 10.5. The van der Waals surface area contributed by atoms with Gasteiger partial charge in [0.05, 0.1) is 25.8 Å².